The third kappa shape index (κ3) is 4.73. The van der Waals surface area contributed by atoms with Crippen LogP contribution in [0.4, 0.5) is 11.4 Å². The molecule has 2 aromatic carbocycles. The molecule has 0 aliphatic carbocycles. The van der Waals surface area contributed by atoms with Gasteiger partial charge in [-0.05, 0) is 77.5 Å². The number of carbonyl (C=O) groups excluding carboxylic acids is 1. The zero-order valence-corrected chi connectivity index (χ0v) is 15.4. The Balaban J connectivity index is 2.08. The molecule has 1 amide bonds. The van der Waals surface area contributed by atoms with Crippen molar-refractivity contribution in [3.63, 3.8) is 0 Å². The van der Waals surface area contributed by atoms with Crippen LogP contribution in [0.3, 0.4) is 0 Å². The quantitative estimate of drug-likeness (QED) is 0.424. The first-order chi connectivity index (χ1) is 11.5. The molecule has 0 radical (unpaired) electrons. The number of hydrogen-bond donors (Lipinski definition) is 2. The van der Waals surface area contributed by atoms with E-state index in [1.165, 1.54) is 6.20 Å². The SMILES string of the molecule is COc1ccc(N/C=C(/C#N)C(=O)Nc2ccc(I)cc2C)cc1. The minimum Gasteiger partial charge on any atom is -0.497 e. The number of nitrogens with one attached hydrogen (secondary N) is 2. The topological polar surface area (TPSA) is 74.1 Å². The molecule has 0 spiro atoms. The van der Waals surface area contributed by atoms with Gasteiger partial charge in [0, 0.05) is 21.1 Å². The summed E-state index contributed by atoms with van der Waals surface area (Å²) in [6.07, 6.45) is 1.39. The highest BCUT2D eigenvalue weighted by atomic mass is 127. The number of nitriles is 1. The summed E-state index contributed by atoms with van der Waals surface area (Å²) in [5, 5.41) is 14.9. The van der Waals surface area contributed by atoms with E-state index >= 15 is 0 Å². The predicted molar refractivity (Wildman–Crippen MR) is 103 cm³/mol. The standard InChI is InChI=1S/C18H16IN3O2/c1-12-9-14(19)3-8-17(12)22-18(23)13(10-20)11-21-15-4-6-16(24-2)7-5-15/h3-9,11,21H,1-2H3,(H,22,23)/b13-11-. The number of methoxy groups -OCH3 is 1. The summed E-state index contributed by atoms with van der Waals surface area (Å²) in [4.78, 5) is 12.2. The fourth-order valence-electron chi connectivity index (χ4n) is 1.95. The van der Waals surface area contributed by atoms with E-state index in [2.05, 4.69) is 33.2 Å². The minimum absolute atomic E-state index is 0.0104. The molecule has 0 aliphatic rings. The Morgan fingerprint density at radius 1 is 1.25 bits per heavy atom. The van der Waals surface area contributed by atoms with E-state index in [-0.39, 0.29) is 5.57 Å². The Morgan fingerprint density at radius 3 is 2.54 bits per heavy atom. The second-order valence-electron chi connectivity index (χ2n) is 4.96. The van der Waals surface area contributed by atoms with Crippen molar-refractivity contribution >= 4 is 39.9 Å². The molecule has 0 saturated carbocycles. The normalized spacial score (nSPS) is 10.7. The molecular weight excluding hydrogens is 417 g/mol. The number of anilines is 2. The molecule has 6 heteroatoms. The summed E-state index contributed by atoms with van der Waals surface area (Å²) in [7, 11) is 1.59. The lowest BCUT2D eigenvalue weighted by Gasteiger charge is -2.08. The van der Waals surface area contributed by atoms with E-state index in [1.807, 2.05) is 31.2 Å². The Kier molecular flexibility index (Phi) is 6.21. The maximum Gasteiger partial charge on any atom is 0.267 e. The molecule has 122 valence electrons. The molecule has 2 aromatic rings. The maximum absolute atomic E-state index is 12.2. The molecule has 24 heavy (non-hydrogen) atoms. The first-order valence-electron chi connectivity index (χ1n) is 7.12. The van der Waals surface area contributed by atoms with Crippen molar-refractivity contribution < 1.29 is 9.53 Å². The number of rotatable bonds is 5. The average Bonchev–Trinajstić information content (AvgIpc) is 2.58. The lowest BCUT2D eigenvalue weighted by atomic mass is 10.2. The van der Waals surface area contributed by atoms with Crippen LogP contribution in [0.25, 0.3) is 0 Å². The van der Waals surface area contributed by atoms with Gasteiger partial charge in [0.05, 0.1) is 7.11 Å². The fourth-order valence-corrected chi connectivity index (χ4v) is 2.60. The van der Waals surface area contributed by atoms with Crippen molar-refractivity contribution in [3.8, 4) is 11.8 Å². The summed E-state index contributed by atoms with van der Waals surface area (Å²) in [5.41, 5.74) is 2.37. The summed E-state index contributed by atoms with van der Waals surface area (Å²) < 4.78 is 6.16. The molecule has 0 aliphatic heterocycles. The number of nitrogens with zero attached hydrogens (tertiary/aromatic N) is 1. The van der Waals surface area contributed by atoms with Gasteiger partial charge in [-0.15, -0.1) is 0 Å². The molecule has 0 saturated heterocycles. The Hall–Kier alpha value is -2.53. The zero-order valence-electron chi connectivity index (χ0n) is 13.3. The van der Waals surface area contributed by atoms with Gasteiger partial charge in [-0.1, -0.05) is 0 Å². The van der Waals surface area contributed by atoms with Crippen LogP contribution in [0.2, 0.25) is 0 Å². The second-order valence-corrected chi connectivity index (χ2v) is 6.20. The number of ether oxygens (including phenoxy) is 1. The molecule has 0 unspecified atom stereocenters. The summed E-state index contributed by atoms with van der Waals surface area (Å²) in [5.74, 6) is 0.278. The molecule has 0 aromatic heterocycles. The van der Waals surface area contributed by atoms with Crippen molar-refractivity contribution in [2.24, 2.45) is 0 Å². The van der Waals surface area contributed by atoms with Gasteiger partial charge >= 0.3 is 0 Å². The van der Waals surface area contributed by atoms with Gasteiger partial charge in [-0.25, -0.2) is 0 Å². The third-order valence-electron chi connectivity index (χ3n) is 3.27. The number of halogens is 1. The first kappa shape index (κ1) is 17.8. The van der Waals surface area contributed by atoms with Crippen LogP contribution in [0.5, 0.6) is 5.75 Å². The fraction of sp³-hybridized carbons (Fsp3) is 0.111. The monoisotopic (exact) mass is 433 g/mol. The molecular formula is C18H16IN3O2. The average molecular weight is 433 g/mol. The third-order valence-corrected chi connectivity index (χ3v) is 3.95. The van der Waals surface area contributed by atoms with Gasteiger partial charge in [0.2, 0.25) is 0 Å². The highest BCUT2D eigenvalue weighted by molar-refractivity contribution is 14.1. The number of benzene rings is 2. The minimum atomic E-state index is -0.456. The van der Waals surface area contributed by atoms with E-state index in [1.54, 1.807) is 31.4 Å². The van der Waals surface area contributed by atoms with E-state index in [0.717, 1.165) is 20.6 Å². The molecule has 2 rings (SSSR count). The van der Waals surface area contributed by atoms with Gasteiger partial charge in [0.1, 0.15) is 17.4 Å². The summed E-state index contributed by atoms with van der Waals surface area (Å²) >= 11 is 2.21. The highest BCUT2D eigenvalue weighted by Crippen LogP contribution is 2.19. The largest absolute Gasteiger partial charge is 0.497 e. The first-order valence-corrected chi connectivity index (χ1v) is 8.19. The van der Waals surface area contributed by atoms with Crippen LogP contribution >= 0.6 is 22.6 Å². The lowest BCUT2D eigenvalue weighted by Crippen LogP contribution is -2.15. The zero-order chi connectivity index (χ0) is 17.5. The van der Waals surface area contributed by atoms with E-state index in [4.69, 9.17) is 4.74 Å². The van der Waals surface area contributed by atoms with Gasteiger partial charge in [0.15, 0.2) is 0 Å². The molecule has 0 bridgehead atoms. The van der Waals surface area contributed by atoms with E-state index in [0.29, 0.717) is 5.69 Å². The second kappa shape index (κ2) is 8.36. The van der Waals surface area contributed by atoms with E-state index in [9.17, 15) is 10.1 Å². The van der Waals surface area contributed by atoms with Crippen LogP contribution in [0, 0.1) is 21.8 Å². The van der Waals surface area contributed by atoms with Crippen molar-refractivity contribution in [1.82, 2.24) is 0 Å². The molecule has 2 N–H and O–H groups in total. The lowest BCUT2D eigenvalue weighted by molar-refractivity contribution is -0.112. The van der Waals surface area contributed by atoms with Crippen molar-refractivity contribution in [1.29, 1.82) is 5.26 Å². The summed E-state index contributed by atoms with van der Waals surface area (Å²) in [6, 6.07) is 14.8. The van der Waals surface area contributed by atoms with Crippen LogP contribution in [0.15, 0.2) is 54.2 Å². The molecule has 0 heterocycles. The Morgan fingerprint density at radius 2 is 1.96 bits per heavy atom. The Labute approximate surface area is 154 Å². The van der Waals surface area contributed by atoms with Gasteiger partial charge < -0.3 is 15.4 Å². The number of hydrogen-bond acceptors (Lipinski definition) is 4. The summed E-state index contributed by atoms with van der Waals surface area (Å²) in [6.45, 7) is 1.91. The van der Waals surface area contributed by atoms with Crippen molar-refractivity contribution in [2.75, 3.05) is 17.7 Å². The Bertz CT molecular complexity index is 808. The molecule has 5 nitrogen and oxygen atoms in total. The highest BCUT2D eigenvalue weighted by Gasteiger charge is 2.10. The van der Waals surface area contributed by atoms with Crippen molar-refractivity contribution in [2.45, 2.75) is 6.92 Å². The van der Waals surface area contributed by atoms with Gasteiger partial charge in [0.25, 0.3) is 5.91 Å². The van der Waals surface area contributed by atoms with Gasteiger partial charge in [-0.2, -0.15) is 5.26 Å². The van der Waals surface area contributed by atoms with Crippen LogP contribution < -0.4 is 15.4 Å². The number of aryl methyl sites for hydroxylation is 1. The molecule has 0 fully saturated rings. The van der Waals surface area contributed by atoms with Crippen LogP contribution in [-0.4, -0.2) is 13.0 Å². The number of amides is 1. The van der Waals surface area contributed by atoms with Crippen molar-refractivity contribution in [3.05, 3.63) is 63.4 Å². The van der Waals surface area contributed by atoms with Crippen LogP contribution in [-0.2, 0) is 4.79 Å². The van der Waals surface area contributed by atoms with E-state index < -0.39 is 5.91 Å². The van der Waals surface area contributed by atoms with Gasteiger partial charge in [-0.3, -0.25) is 4.79 Å². The van der Waals surface area contributed by atoms with Crippen LogP contribution in [0.1, 0.15) is 5.56 Å². The maximum atomic E-state index is 12.2. The smallest absolute Gasteiger partial charge is 0.267 e. The number of carbonyl (C=O) groups is 1. The molecule has 0 atom stereocenters. The predicted octanol–water partition coefficient (Wildman–Crippen LogP) is 4.07.